The van der Waals surface area contributed by atoms with Crippen molar-refractivity contribution in [1.82, 2.24) is 10.0 Å². The molecule has 0 aromatic carbocycles. The SMILES string of the molecule is CN1C=C([N+](=O)[O-])C(C(=O)O)N1C. The van der Waals surface area contributed by atoms with E-state index in [9.17, 15) is 14.9 Å². The van der Waals surface area contributed by atoms with Gasteiger partial charge in [-0.25, -0.2) is 9.80 Å². The zero-order chi connectivity index (χ0) is 10.2. The molecule has 0 saturated heterocycles. The Morgan fingerprint density at radius 3 is 2.54 bits per heavy atom. The Kier molecular flexibility index (Phi) is 2.20. The molecular formula is C6H9N3O4. The molecule has 0 saturated carbocycles. The Hall–Kier alpha value is -1.63. The van der Waals surface area contributed by atoms with E-state index in [-0.39, 0.29) is 5.70 Å². The van der Waals surface area contributed by atoms with E-state index in [2.05, 4.69) is 0 Å². The summed E-state index contributed by atoms with van der Waals surface area (Å²) < 4.78 is 0. The highest BCUT2D eigenvalue weighted by molar-refractivity contribution is 5.77. The Morgan fingerprint density at radius 2 is 2.23 bits per heavy atom. The molecule has 7 nitrogen and oxygen atoms in total. The Balaban J connectivity index is 2.99. The molecule has 0 aromatic rings. The molecule has 13 heavy (non-hydrogen) atoms. The second-order valence-corrected chi connectivity index (χ2v) is 2.70. The lowest BCUT2D eigenvalue weighted by molar-refractivity contribution is -0.429. The average molecular weight is 187 g/mol. The second kappa shape index (κ2) is 3.02. The van der Waals surface area contributed by atoms with Crippen LogP contribution in [-0.4, -0.2) is 46.2 Å². The van der Waals surface area contributed by atoms with Gasteiger partial charge in [0.2, 0.25) is 6.04 Å². The topological polar surface area (TPSA) is 86.9 Å². The van der Waals surface area contributed by atoms with Gasteiger partial charge in [-0.2, -0.15) is 0 Å². The van der Waals surface area contributed by atoms with Gasteiger partial charge < -0.3 is 10.1 Å². The minimum Gasteiger partial charge on any atom is -0.480 e. The summed E-state index contributed by atoms with van der Waals surface area (Å²) in [5, 5.41) is 21.8. The van der Waals surface area contributed by atoms with Crippen LogP contribution in [0.4, 0.5) is 0 Å². The molecule has 0 bridgehead atoms. The monoisotopic (exact) mass is 187 g/mol. The van der Waals surface area contributed by atoms with E-state index >= 15 is 0 Å². The number of aliphatic carboxylic acids is 1. The number of nitro groups is 1. The van der Waals surface area contributed by atoms with Crippen LogP contribution in [0.25, 0.3) is 0 Å². The molecule has 7 heteroatoms. The highest BCUT2D eigenvalue weighted by Crippen LogP contribution is 2.19. The largest absolute Gasteiger partial charge is 0.480 e. The van der Waals surface area contributed by atoms with Crippen LogP contribution in [0.5, 0.6) is 0 Å². The van der Waals surface area contributed by atoms with Gasteiger partial charge in [0.25, 0.3) is 5.70 Å². The van der Waals surface area contributed by atoms with E-state index in [1.807, 2.05) is 0 Å². The Bertz CT molecular complexity index is 288. The van der Waals surface area contributed by atoms with Crippen LogP contribution in [0.1, 0.15) is 0 Å². The number of carboxylic acids is 1. The molecule has 1 atom stereocenters. The molecule has 1 heterocycles. The highest BCUT2D eigenvalue weighted by Gasteiger charge is 2.42. The smallest absolute Gasteiger partial charge is 0.334 e. The predicted octanol–water partition coefficient (Wildman–Crippen LogP) is -0.650. The lowest BCUT2D eigenvalue weighted by Crippen LogP contribution is -2.42. The van der Waals surface area contributed by atoms with E-state index in [1.54, 1.807) is 7.05 Å². The van der Waals surface area contributed by atoms with Crippen LogP contribution in [0.2, 0.25) is 0 Å². The van der Waals surface area contributed by atoms with Gasteiger partial charge in [0.1, 0.15) is 0 Å². The summed E-state index contributed by atoms with van der Waals surface area (Å²) in [6.45, 7) is 0. The first kappa shape index (κ1) is 9.46. The fourth-order valence-electron chi connectivity index (χ4n) is 1.16. The maximum atomic E-state index is 10.7. The van der Waals surface area contributed by atoms with E-state index in [0.29, 0.717) is 0 Å². The Morgan fingerprint density at radius 1 is 1.69 bits per heavy atom. The van der Waals surface area contributed by atoms with Crippen molar-refractivity contribution in [3.8, 4) is 0 Å². The number of hydrogen-bond donors (Lipinski definition) is 1. The molecule has 1 aliphatic rings. The van der Waals surface area contributed by atoms with E-state index in [1.165, 1.54) is 23.3 Å². The van der Waals surface area contributed by atoms with Gasteiger partial charge in [-0.05, 0) is 0 Å². The molecule has 0 aromatic heterocycles. The van der Waals surface area contributed by atoms with E-state index in [4.69, 9.17) is 5.11 Å². The fraction of sp³-hybridized carbons (Fsp3) is 0.500. The summed E-state index contributed by atoms with van der Waals surface area (Å²) in [5.41, 5.74) is -0.322. The summed E-state index contributed by atoms with van der Waals surface area (Å²) in [6, 6.07) is -1.19. The molecule has 1 aliphatic heterocycles. The molecule has 0 amide bonds. The summed E-state index contributed by atoms with van der Waals surface area (Å²) in [7, 11) is 3.03. The first-order chi connectivity index (χ1) is 5.95. The van der Waals surface area contributed by atoms with Crippen molar-refractivity contribution in [3.05, 3.63) is 22.0 Å². The average Bonchev–Trinajstić information content (AvgIpc) is 2.28. The van der Waals surface area contributed by atoms with Gasteiger partial charge in [0.15, 0.2) is 0 Å². The molecule has 0 aliphatic carbocycles. The third-order valence-electron chi connectivity index (χ3n) is 1.92. The van der Waals surface area contributed by atoms with Gasteiger partial charge in [0, 0.05) is 14.1 Å². The van der Waals surface area contributed by atoms with Crippen LogP contribution in [0.15, 0.2) is 11.9 Å². The zero-order valence-corrected chi connectivity index (χ0v) is 7.17. The number of hydrogen-bond acceptors (Lipinski definition) is 5. The van der Waals surface area contributed by atoms with Gasteiger partial charge in [-0.15, -0.1) is 0 Å². The third-order valence-corrected chi connectivity index (χ3v) is 1.92. The number of hydrazine groups is 1. The normalized spacial score (nSPS) is 23.1. The van der Waals surface area contributed by atoms with Crippen LogP contribution in [0.3, 0.4) is 0 Å². The van der Waals surface area contributed by atoms with Crippen molar-refractivity contribution < 1.29 is 14.8 Å². The quantitative estimate of drug-likeness (QED) is 0.456. The molecule has 1 unspecified atom stereocenters. The Labute approximate surface area is 74.0 Å². The minimum atomic E-state index is -1.23. The molecular weight excluding hydrogens is 178 g/mol. The van der Waals surface area contributed by atoms with Crippen molar-refractivity contribution in [1.29, 1.82) is 0 Å². The number of rotatable bonds is 2. The first-order valence-corrected chi connectivity index (χ1v) is 3.49. The highest BCUT2D eigenvalue weighted by atomic mass is 16.6. The predicted molar refractivity (Wildman–Crippen MR) is 42.0 cm³/mol. The van der Waals surface area contributed by atoms with Crippen molar-refractivity contribution in [2.75, 3.05) is 14.1 Å². The summed E-state index contributed by atoms with van der Waals surface area (Å²) in [4.78, 5) is 20.4. The van der Waals surface area contributed by atoms with Crippen molar-refractivity contribution in [2.45, 2.75) is 6.04 Å². The first-order valence-electron chi connectivity index (χ1n) is 3.49. The minimum absolute atomic E-state index is 0.322. The summed E-state index contributed by atoms with van der Waals surface area (Å²) in [6.07, 6.45) is 1.19. The number of carboxylic acid groups (broad SMARTS) is 1. The van der Waals surface area contributed by atoms with E-state index < -0.39 is 16.9 Å². The van der Waals surface area contributed by atoms with Gasteiger partial charge in [-0.3, -0.25) is 10.1 Å². The van der Waals surface area contributed by atoms with Gasteiger partial charge in [0.05, 0.1) is 11.1 Å². The van der Waals surface area contributed by atoms with Crippen molar-refractivity contribution in [3.63, 3.8) is 0 Å². The summed E-state index contributed by atoms with van der Waals surface area (Å²) in [5.74, 6) is -1.23. The maximum Gasteiger partial charge on any atom is 0.334 e. The molecule has 1 N–H and O–H groups in total. The molecule has 0 radical (unpaired) electrons. The third kappa shape index (κ3) is 1.45. The van der Waals surface area contributed by atoms with Crippen molar-refractivity contribution >= 4 is 5.97 Å². The van der Waals surface area contributed by atoms with Crippen LogP contribution in [-0.2, 0) is 4.79 Å². The number of nitrogens with zero attached hydrogens (tertiary/aromatic N) is 3. The van der Waals surface area contributed by atoms with Gasteiger partial charge in [-0.1, -0.05) is 0 Å². The molecule has 72 valence electrons. The standard InChI is InChI=1S/C6H9N3O4/c1-7-3-4(9(12)13)5(6(10)11)8(7)2/h3,5H,1-2H3,(H,10,11). The number of carbonyl (C=O) groups is 1. The molecule has 0 spiro atoms. The number of likely N-dealkylation sites (N-methyl/N-ethyl adjacent to an activating group) is 1. The van der Waals surface area contributed by atoms with Crippen LogP contribution in [0, 0.1) is 10.1 Å². The zero-order valence-electron chi connectivity index (χ0n) is 7.17. The second-order valence-electron chi connectivity index (χ2n) is 2.70. The van der Waals surface area contributed by atoms with Crippen LogP contribution < -0.4 is 0 Å². The fourth-order valence-corrected chi connectivity index (χ4v) is 1.16. The van der Waals surface area contributed by atoms with Crippen molar-refractivity contribution in [2.24, 2.45) is 0 Å². The molecule has 1 rings (SSSR count). The lowest BCUT2D eigenvalue weighted by atomic mass is 10.2. The maximum absolute atomic E-state index is 10.7. The lowest BCUT2D eigenvalue weighted by Gasteiger charge is -2.22. The summed E-state index contributed by atoms with van der Waals surface area (Å²) >= 11 is 0. The molecule has 0 fully saturated rings. The van der Waals surface area contributed by atoms with Crippen LogP contribution >= 0.6 is 0 Å². The van der Waals surface area contributed by atoms with E-state index in [0.717, 1.165) is 0 Å². The van der Waals surface area contributed by atoms with Gasteiger partial charge >= 0.3 is 5.97 Å².